The number of halogens is 1. The molecule has 0 nitrogen and oxygen atoms in total. The Morgan fingerprint density at radius 3 is 1.90 bits per heavy atom. The van der Waals surface area contributed by atoms with Gasteiger partial charge in [0, 0.05) is 12.8 Å². The predicted molar refractivity (Wildman–Crippen MR) is 105 cm³/mol. The summed E-state index contributed by atoms with van der Waals surface area (Å²) in [6.07, 6.45) is 21.5. The molecular formula is C19H33BrP+. The molecule has 2 heteroatoms. The van der Waals surface area contributed by atoms with Crippen LogP contribution in [0.25, 0.3) is 0 Å². The first kappa shape index (κ1) is 19.2. The third-order valence-corrected chi connectivity index (χ3v) is 9.59. The Morgan fingerprint density at radius 1 is 0.952 bits per heavy atom. The number of alkyl halides is 1. The minimum absolute atomic E-state index is 0.423. The highest BCUT2D eigenvalue weighted by Gasteiger charge is 2.34. The molecule has 0 amide bonds. The Kier molecular flexibility index (Phi) is 9.85. The van der Waals surface area contributed by atoms with E-state index in [4.69, 9.17) is 0 Å². The van der Waals surface area contributed by atoms with Crippen LogP contribution in [0.15, 0.2) is 35.7 Å². The molecule has 0 N–H and O–H groups in total. The molecule has 0 heterocycles. The second-order valence-electron chi connectivity index (χ2n) is 6.22. The lowest BCUT2D eigenvalue weighted by molar-refractivity contribution is 0.840. The summed E-state index contributed by atoms with van der Waals surface area (Å²) in [5, 5.41) is 0. The van der Waals surface area contributed by atoms with Crippen molar-refractivity contribution in [3.63, 3.8) is 0 Å². The quantitative estimate of drug-likeness (QED) is 0.281. The number of hydrogen-bond acceptors (Lipinski definition) is 0. The first-order valence-electron chi connectivity index (χ1n) is 8.75. The van der Waals surface area contributed by atoms with E-state index in [0.717, 1.165) is 0 Å². The maximum atomic E-state index is 3.82. The van der Waals surface area contributed by atoms with E-state index in [2.05, 4.69) is 66.8 Å². The molecule has 1 unspecified atom stereocenters. The first-order chi connectivity index (χ1) is 10.2. The van der Waals surface area contributed by atoms with Crippen LogP contribution in [0.5, 0.6) is 0 Å². The summed E-state index contributed by atoms with van der Waals surface area (Å²) >= 11 is 3.82. The molecule has 0 radical (unpaired) electrons. The van der Waals surface area contributed by atoms with Crippen molar-refractivity contribution in [2.45, 2.75) is 64.1 Å². The topological polar surface area (TPSA) is 0 Å². The smallest absolute Gasteiger partial charge is 0.0635 e. The standard InChI is InChI=1S/C19H33BrP/c1-4-7-14-21(15-8-5-2,16-9-6-3)17-18-12-10-11-13-19(18)20/h10-13,17,19H,4-9,14-16H2,1-3H3/q+1. The van der Waals surface area contributed by atoms with E-state index < -0.39 is 7.26 Å². The van der Waals surface area contributed by atoms with Crippen LogP contribution >= 0.6 is 23.2 Å². The molecule has 0 bridgehead atoms. The van der Waals surface area contributed by atoms with E-state index in [1.54, 1.807) is 0 Å². The zero-order valence-electron chi connectivity index (χ0n) is 14.2. The zero-order chi connectivity index (χ0) is 15.6. The van der Waals surface area contributed by atoms with Crippen LogP contribution in [-0.2, 0) is 0 Å². The van der Waals surface area contributed by atoms with Crippen LogP contribution < -0.4 is 0 Å². The summed E-state index contributed by atoms with van der Waals surface area (Å²) in [6.45, 7) is 6.99. The van der Waals surface area contributed by atoms with Gasteiger partial charge in [0.2, 0.25) is 0 Å². The molecule has 1 aliphatic rings. The van der Waals surface area contributed by atoms with Crippen LogP contribution in [0.2, 0.25) is 0 Å². The molecule has 0 aliphatic heterocycles. The van der Waals surface area contributed by atoms with Crippen molar-refractivity contribution in [3.8, 4) is 0 Å². The lowest BCUT2D eigenvalue weighted by Gasteiger charge is -2.26. The maximum absolute atomic E-state index is 3.82. The monoisotopic (exact) mass is 371 g/mol. The first-order valence-corrected chi connectivity index (χ1v) is 12.1. The molecule has 0 aromatic heterocycles. The van der Waals surface area contributed by atoms with E-state index in [9.17, 15) is 0 Å². The lowest BCUT2D eigenvalue weighted by atomic mass is 10.1. The highest BCUT2D eigenvalue weighted by atomic mass is 79.9. The van der Waals surface area contributed by atoms with Crippen LogP contribution in [0.1, 0.15) is 59.3 Å². The summed E-state index contributed by atoms with van der Waals surface area (Å²) in [6, 6.07) is 0. The van der Waals surface area contributed by atoms with Crippen molar-refractivity contribution in [1.82, 2.24) is 0 Å². The molecule has 1 atom stereocenters. The number of rotatable bonds is 10. The third kappa shape index (κ3) is 6.83. The fourth-order valence-corrected chi connectivity index (χ4v) is 8.35. The molecule has 1 rings (SSSR count). The average molecular weight is 372 g/mol. The van der Waals surface area contributed by atoms with Gasteiger partial charge in [0.15, 0.2) is 0 Å². The largest absolute Gasteiger partial charge is 0.0792 e. The second kappa shape index (κ2) is 10.8. The summed E-state index contributed by atoms with van der Waals surface area (Å²) < 4.78 is 0. The van der Waals surface area contributed by atoms with Gasteiger partial charge in [-0.25, -0.2) is 0 Å². The highest BCUT2D eigenvalue weighted by Crippen LogP contribution is 2.63. The maximum Gasteiger partial charge on any atom is 0.0635 e. The Labute approximate surface area is 141 Å². The van der Waals surface area contributed by atoms with Crippen LogP contribution in [0.3, 0.4) is 0 Å². The van der Waals surface area contributed by atoms with Crippen LogP contribution in [0, 0.1) is 0 Å². The molecule has 0 aromatic carbocycles. The third-order valence-electron chi connectivity index (χ3n) is 4.29. The van der Waals surface area contributed by atoms with Crippen LogP contribution in [-0.4, -0.2) is 23.3 Å². The van der Waals surface area contributed by atoms with Gasteiger partial charge in [0.25, 0.3) is 0 Å². The van der Waals surface area contributed by atoms with Crippen molar-refractivity contribution in [2.75, 3.05) is 18.5 Å². The van der Waals surface area contributed by atoms with Crippen molar-refractivity contribution in [2.24, 2.45) is 0 Å². The summed E-state index contributed by atoms with van der Waals surface area (Å²) in [4.78, 5) is 0.423. The van der Waals surface area contributed by atoms with Gasteiger partial charge in [-0.2, -0.15) is 0 Å². The van der Waals surface area contributed by atoms with Gasteiger partial charge in [0.05, 0.1) is 29.1 Å². The Morgan fingerprint density at radius 2 is 1.48 bits per heavy atom. The van der Waals surface area contributed by atoms with Gasteiger partial charge in [-0.05, 0) is 19.3 Å². The van der Waals surface area contributed by atoms with E-state index in [0.29, 0.717) is 4.83 Å². The Hall–Kier alpha value is 0.130. The summed E-state index contributed by atoms with van der Waals surface area (Å²) in [7, 11) is -0.929. The van der Waals surface area contributed by atoms with Gasteiger partial charge < -0.3 is 0 Å². The van der Waals surface area contributed by atoms with Crippen molar-refractivity contribution in [1.29, 1.82) is 0 Å². The van der Waals surface area contributed by atoms with E-state index >= 15 is 0 Å². The van der Waals surface area contributed by atoms with Gasteiger partial charge in [-0.1, -0.05) is 80.3 Å². The summed E-state index contributed by atoms with van der Waals surface area (Å²) in [5.74, 6) is 2.73. The predicted octanol–water partition coefficient (Wildman–Crippen LogP) is 7.18. The summed E-state index contributed by atoms with van der Waals surface area (Å²) in [5.41, 5.74) is 1.51. The second-order valence-corrected chi connectivity index (χ2v) is 11.2. The Bertz CT molecular complexity index is 346. The van der Waals surface area contributed by atoms with Crippen molar-refractivity contribution < 1.29 is 0 Å². The SMILES string of the molecule is CCCC[P+](C=C1C=CC=CC1Br)(CCCC)CCCC. The van der Waals surface area contributed by atoms with Crippen LogP contribution in [0.4, 0.5) is 0 Å². The minimum Gasteiger partial charge on any atom is -0.0792 e. The molecule has 0 fully saturated rings. The van der Waals surface area contributed by atoms with E-state index in [1.807, 2.05) is 0 Å². The number of unbranched alkanes of at least 4 members (excludes halogenated alkanes) is 3. The molecule has 21 heavy (non-hydrogen) atoms. The van der Waals surface area contributed by atoms with Gasteiger partial charge in [-0.15, -0.1) is 0 Å². The molecule has 120 valence electrons. The molecule has 0 saturated carbocycles. The van der Waals surface area contributed by atoms with Gasteiger partial charge >= 0.3 is 0 Å². The molecular weight excluding hydrogens is 339 g/mol. The number of hydrogen-bond donors (Lipinski definition) is 0. The highest BCUT2D eigenvalue weighted by molar-refractivity contribution is 9.09. The fourth-order valence-electron chi connectivity index (χ4n) is 2.91. The zero-order valence-corrected chi connectivity index (χ0v) is 16.6. The van der Waals surface area contributed by atoms with Gasteiger partial charge in [0.1, 0.15) is 0 Å². The molecule has 0 spiro atoms. The molecule has 1 aliphatic carbocycles. The minimum atomic E-state index is -0.929. The average Bonchev–Trinajstić information content (AvgIpc) is 2.51. The van der Waals surface area contributed by atoms with Crippen molar-refractivity contribution >= 4 is 23.2 Å². The van der Waals surface area contributed by atoms with E-state index in [1.165, 1.54) is 62.6 Å². The molecule has 0 aromatic rings. The van der Waals surface area contributed by atoms with E-state index in [-0.39, 0.29) is 0 Å². The van der Waals surface area contributed by atoms with Crippen molar-refractivity contribution in [3.05, 3.63) is 35.7 Å². The lowest BCUT2D eigenvalue weighted by Crippen LogP contribution is -2.09. The fraction of sp³-hybridized carbons (Fsp3) is 0.684. The van der Waals surface area contributed by atoms with Gasteiger partial charge in [-0.3, -0.25) is 0 Å². The normalized spacial score (nSPS) is 20.4. The Balaban J connectivity index is 2.97. The molecule has 0 saturated heterocycles. The number of allylic oxidation sites excluding steroid dienone is 5.